The quantitative estimate of drug-likeness (QED) is 0.140. The van der Waals surface area contributed by atoms with Crippen molar-refractivity contribution in [3.05, 3.63) is 113 Å². The van der Waals surface area contributed by atoms with E-state index in [9.17, 15) is 9.18 Å². The summed E-state index contributed by atoms with van der Waals surface area (Å²) in [5.41, 5.74) is 3.58. The molecule has 0 saturated carbocycles. The Balaban J connectivity index is 1.03. The number of hydrogen-bond donors (Lipinski definition) is 0. The highest BCUT2D eigenvalue weighted by atomic mass is 35.5. The SMILES string of the molecule is O=C(c1cccc(CSc2nc(Cl)cc(N3CCN(Cc4ccccc4)CC3)n2)c1)N1CCN(c2ccccc2F)CC1. The van der Waals surface area contributed by atoms with Gasteiger partial charge in [0, 0.05) is 76.3 Å². The van der Waals surface area contributed by atoms with Gasteiger partial charge < -0.3 is 14.7 Å². The summed E-state index contributed by atoms with van der Waals surface area (Å²) in [5, 5.41) is 1.05. The first-order valence-corrected chi connectivity index (χ1v) is 15.9. The van der Waals surface area contributed by atoms with E-state index in [1.165, 1.54) is 23.4 Å². The van der Waals surface area contributed by atoms with E-state index >= 15 is 0 Å². The van der Waals surface area contributed by atoms with Crippen LogP contribution < -0.4 is 9.80 Å². The van der Waals surface area contributed by atoms with E-state index in [1.807, 2.05) is 52.3 Å². The molecular formula is C33H34ClFN6OS. The van der Waals surface area contributed by atoms with Gasteiger partial charge in [-0.05, 0) is 35.4 Å². The van der Waals surface area contributed by atoms with E-state index in [4.69, 9.17) is 16.6 Å². The standard InChI is InChI=1S/C33H34ClFN6OS/c34-30-22-31(40-15-13-38(14-16-40)23-25-7-2-1-3-8-25)37-33(36-30)43-24-26-9-6-10-27(21-26)32(42)41-19-17-39(18-20-41)29-12-5-4-11-28(29)35/h1-12,21-22H,13-20,23-24H2. The van der Waals surface area contributed by atoms with Crippen molar-refractivity contribution in [2.24, 2.45) is 0 Å². The highest BCUT2D eigenvalue weighted by molar-refractivity contribution is 7.98. The fraction of sp³-hybridized carbons (Fsp3) is 0.303. The lowest BCUT2D eigenvalue weighted by Crippen LogP contribution is -2.49. The first-order chi connectivity index (χ1) is 21.0. The largest absolute Gasteiger partial charge is 0.366 e. The molecule has 4 aromatic rings. The second-order valence-electron chi connectivity index (χ2n) is 10.8. The molecular weight excluding hydrogens is 583 g/mol. The third-order valence-electron chi connectivity index (χ3n) is 7.91. The van der Waals surface area contributed by atoms with Gasteiger partial charge >= 0.3 is 0 Å². The average molecular weight is 617 g/mol. The van der Waals surface area contributed by atoms with E-state index in [-0.39, 0.29) is 11.7 Å². The van der Waals surface area contributed by atoms with Gasteiger partial charge in [0.05, 0.1) is 5.69 Å². The number of piperazine rings is 2. The van der Waals surface area contributed by atoms with Gasteiger partial charge in [0.25, 0.3) is 5.91 Å². The third-order valence-corrected chi connectivity index (χ3v) is 9.02. The van der Waals surface area contributed by atoms with Crippen LogP contribution in [-0.4, -0.2) is 78.0 Å². The Labute approximate surface area is 261 Å². The topological polar surface area (TPSA) is 55.8 Å². The van der Waals surface area contributed by atoms with Crippen LogP contribution in [-0.2, 0) is 12.3 Å². The number of halogens is 2. The number of thioether (sulfide) groups is 1. The van der Waals surface area contributed by atoms with Crippen LogP contribution in [0.1, 0.15) is 21.5 Å². The predicted octanol–water partition coefficient (Wildman–Crippen LogP) is 5.85. The maximum absolute atomic E-state index is 14.2. The Morgan fingerprint density at radius 2 is 1.47 bits per heavy atom. The molecule has 0 bridgehead atoms. The highest BCUT2D eigenvalue weighted by Crippen LogP contribution is 2.26. The summed E-state index contributed by atoms with van der Waals surface area (Å²) in [7, 11) is 0. The van der Waals surface area contributed by atoms with Gasteiger partial charge in [-0.1, -0.05) is 78.0 Å². The summed E-state index contributed by atoms with van der Waals surface area (Å²) in [6.45, 7) is 6.91. The van der Waals surface area contributed by atoms with E-state index in [2.05, 4.69) is 39.0 Å². The van der Waals surface area contributed by atoms with Crippen LogP contribution in [0.15, 0.2) is 90.1 Å². The highest BCUT2D eigenvalue weighted by Gasteiger charge is 2.24. The van der Waals surface area contributed by atoms with Crippen molar-refractivity contribution >= 4 is 40.8 Å². The first-order valence-electron chi connectivity index (χ1n) is 14.6. The van der Waals surface area contributed by atoms with Crippen LogP contribution in [0.5, 0.6) is 0 Å². The molecule has 1 aromatic heterocycles. The number of anilines is 2. The van der Waals surface area contributed by atoms with Crippen molar-refractivity contribution in [1.29, 1.82) is 0 Å². The summed E-state index contributed by atoms with van der Waals surface area (Å²) in [6.07, 6.45) is 0. The maximum atomic E-state index is 14.2. The third kappa shape index (κ3) is 7.47. The van der Waals surface area contributed by atoms with Crippen LogP contribution in [0.3, 0.4) is 0 Å². The Bertz CT molecular complexity index is 1540. The monoisotopic (exact) mass is 616 g/mol. The first kappa shape index (κ1) is 29.4. The van der Waals surface area contributed by atoms with Gasteiger partial charge in [0.2, 0.25) is 0 Å². The summed E-state index contributed by atoms with van der Waals surface area (Å²) < 4.78 is 14.2. The molecule has 2 aliphatic heterocycles. The molecule has 1 amide bonds. The molecule has 222 valence electrons. The molecule has 2 saturated heterocycles. The number of carbonyl (C=O) groups is 1. The molecule has 0 atom stereocenters. The molecule has 6 rings (SSSR count). The van der Waals surface area contributed by atoms with Crippen LogP contribution in [0.4, 0.5) is 15.9 Å². The second kappa shape index (κ2) is 13.8. The summed E-state index contributed by atoms with van der Waals surface area (Å²) in [4.78, 5) is 31.1. The molecule has 3 aromatic carbocycles. The molecule has 2 aliphatic rings. The van der Waals surface area contributed by atoms with E-state index < -0.39 is 0 Å². The van der Waals surface area contributed by atoms with Crippen molar-refractivity contribution < 1.29 is 9.18 Å². The van der Waals surface area contributed by atoms with Gasteiger partial charge in [0.1, 0.15) is 16.8 Å². The lowest BCUT2D eigenvalue weighted by molar-refractivity contribution is 0.0746. The Morgan fingerprint density at radius 1 is 0.767 bits per heavy atom. The normalized spacial score (nSPS) is 16.0. The number of para-hydroxylation sites is 1. The van der Waals surface area contributed by atoms with Crippen molar-refractivity contribution in [3.63, 3.8) is 0 Å². The van der Waals surface area contributed by atoms with Crippen molar-refractivity contribution in [2.45, 2.75) is 17.5 Å². The lowest BCUT2D eigenvalue weighted by atomic mass is 10.1. The molecule has 3 heterocycles. The molecule has 10 heteroatoms. The average Bonchev–Trinajstić information content (AvgIpc) is 3.04. The summed E-state index contributed by atoms with van der Waals surface area (Å²) in [5.74, 6) is 1.23. The van der Waals surface area contributed by atoms with Crippen molar-refractivity contribution in [1.82, 2.24) is 19.8 Å². The van der Waals surface area contributed by atoms with Crippen LogP contribution in [0, 0.1) is 5.82 Å². The Morgan fingerprint density at radius 3 is 2.23 bits per heavy atom. The van der Waals surface area contributed by atoms with E-state index in [0.29, 0.717) is 53.5 Å². The number of amides is 1. The van der Waals surface area contributed by atoms with Crippen LogP contribution in [0.25, 0.3) is 0 Å². The minimum atomic E-state index is -0.232. The summed E-state index contributed by atoms with van der Waals surface area (Å²) in [6, 6.07) is 26.9. The molecule has 0 unspecified atom stereocenters. The molecule has 7 nitrogen and oxygen atoms in total. The number of aromatic nitrogens is 2. The van der Waals surface area contributed by atoms with Crippen LogP contribution >= 0.6 is 23.4 Å². The number of hydrogen-bond acceptors (Lipinski definition) is 7. The van der Waals surface area contributed by atoms with Gasteiger partial charge in [-0.15, -0.1) is 0 Å². The Hall–Kier alpha value is -3.66. The number of nitrogens with zero attached hydrogens (tertiary/aromatic N) is 6. The molecule has 43 heavy (non-hydrogen) atoms. The minimum Gasteiger partial charge on any atom is -0.366 e. The summed E-state index contributed by atoms with van der Waals surface area (Å²) >= 11 is 7.93. The molecule has 0 radical (unpaired) electrons. The second-order valence-corrected chi connectivity index (χ2v) is 12.1. The zero-order valence-corrected chi connectivity index (χ0v) is 25.5. The zero-order chi connectivity index (χ0) is 29.6. The van der Waals surface area contributed by atoms with Gasteiger partial charge in [-0.2, -0.15) is 0 Å². The molecule has 0 aliphatic carbocycles. The number of benzene rings is 3. The molecule has 2 fully saturated rings. The maximum Gasteiger partial charge on any atom is 0.253 e. The van der Waals surface area contributed by atoms with Gasteiger partial charge in [0.15, 0.2) is 5.16 Å². The Kier molecular flexibility index (Phi) is 9.41. The van der Waals surface area contributed by atoms with E-state index in [0.717, 1.165) is 44.1 Å². The van der Waals surface area contributed by atoms with Crippen molar-refractivity contribution in [3.8, 4) is 0 Å². The fourth-order valence-corrected chi connectivity index (χ4v) is 6.60. The minimum absolute atomic E-state index is 0.00673. The zero-order valence-electron chi connectivity index (χ0n) is 23.9. The van der Waals surface area contributed by atoms with Gasteiger partial charge in [-0.3, -0.25) is 9.69 Å². The van der Waals surface area contributed by atoms with E-state index in [1.54, 1.807) is 12.1 Å². The van der Waals surface area contributed by atoms with Crippen molar-refractivity contribution in [2.75, 3.05) is 62.2 Å². The van der Waals surface area contributed by atoms with Crippen LogP contribution in [0.2, 0.25) is 5.15 Å². The molecule has 0 N–H and O–H groups in total. The smallest absolute Gasteiger partial charge is 0.253 e. The lowest BCUT2D eigenvalue weighted by Gasteiger charge is -2.36. The number of rotatable bonds is 8. The fourth-order valence-electron chi connectivity index (χ4n) is 5.57. The number of carbonyl (C=O) groups excluding carboxylic acids is 1. The predicted molar refractivity (Wildman–Crippen MR) is 171 cm³/mol. The molecule has 0 spiro atoms. The van der Waals surface area contributed by atoms with Gasteiger partial charge in [-0.25, -0.2) is 14.4 Å².